The van der Waals surface area contributed by atoms with Crippen molar-refractivity contribution in [3.05, 3.63) is 53.9 Å². The predicted molar refractivity (Wildman–Crippen MR) is 125 cm³/mol. The second-order valence-electron chi connectivity index (χ2n) is 8.95. The topological polar surface area (TPSA) is 63.7 Å². The van der Waals surface area contributed by atoms with Gasteiger partial charge in [-0.1, -0.05) is 31.4 Å². The molecule has 2 fully saturated rings. The summed E-state index contributed by atoms with van der Waals surface area (Å²) >= 11 is 0. The van der Waals surface area contributed by atoms with Crippen LogP contribution in [0.1, 0.15) is 56.1 Å². The minimum absolute atomic E-state index is 0.276. The van der Waals surface area contributed by atoms with Crippen LogP contribution in [0.3, 0.4) is 0 Å². The number of carbonyl (C=O) groups is 1. The van der Waals surface area contributed by atoms with Gasteiger partial charge in [-0.25, -0.2) is 0 Å². The molecular weight excluding hydrogens is 402 g/mol. The van der Waals surface area contributed by atoms with E-state index in [0.717, 1.165) is 67.9 Å². The van der Waals surface area contributed by atoms with Gasteiger partial charge in [-0.3, -0.25) is 9.78 Å². The third-order valence-electron chi connectivity index (χ3n) is 6.70. The summed E-state index contributed by atoms with van der Waals surface area (Å²) in [4.78, 5) is 19.0. The first-order chi connectivity index (χ1) is 15.7. The second kappa shape index (κ2) is 11.3. The molecule has 0 unspecified atom stereocenters. The summed E-state index contributed by atoms with van der Waals surface area (Å²) in [5.41, 5.74) is 2.18. The van der Waals surface area contributed by atoms with Crippen LogP contribution in [0.2, 0.25) is 0 Å². The smallest absolute Gasteiger partial charge is 0.225 e. The summed E-state index contributed by atoms with van der Waals surface area (Å²) in [7, 11) is 1.66. The molecule has 1 amide bonds. The fraction of sp³-hybridized carbons (Fsp3) is 0.538. The minimum atomic E-state index is 0.276. The lowest BCUT2D eigenvalue weighted by molar-refractivity contribution is -0.137. The van der Waals surface area contributed by atoms with Gasteiger partial charge in [0.2, 0.25) is 5.91 Å². The Hall–Kier alpha value is -2.60. The van der Waals surface area contributed by atoms with Crippen LogP contribution in [0.15, 0.2) is 42.7 Å². The van der Waals surface area contributed by atoms with Gasteiger partial charge in [0, 0.05) is 49.6 Å². The van der Waals surface area contributed by atoms with Crippen LogP contribution in [0.4, 0.5) is 0 Å². The summed E-state index contributed by atoms with van der Waals surface area (Å²) < 4.78 is 11.5. The summed E-state index contributed by atoms with van der Waals surface area (Å²) in [6.07, 6.45) is 11.5. The van der Waals surface area contributed by atoms with Crippen LogP contribution in [-0.4, -0.2) is 42.0 Å². The second-order valence-corrected chi connectivity index (χ2v) is 8.95. The first kappa shape index (κ1) is 22.6. The lowest BCUT2D eigenvalue weighted by atomic mass is 9.87. The van der Waals surface area contributed by atoms with E-state index in [4.69, 9.17) is 9.47 Å². The molecule has 2 aliphatic rings. The zero-order valence-electron chi connectivity index (χ0n) is 19.1. The number of methoxy groups -OCH3 is 1. The summed E-state index contributed by atoms with van der Waals surface area (Å²) in [6, 6.07) is 10.4. The first-order valence-corrected chi connectivity index (χ1v) is 11.9. The highest BCUT2D eigenvalue weighted by atomic mass is 16.5. The molecule has 1 aromatic heterocycles. The van der Waals surface area contributed by atoms with Gasteiger partial charge in [-0.2, -0.15) is 0 Å². The molecular formula is C26H35N3O3. The number of ether oxygens (including phenoxy) is 2. The van der Waals surface area contributed by atoms with Crippen molar-refractivity contribution in [2.24, 2.45) is 5.92 Å². The number of carbonyl (C=O) groups excluding carboxylic acids is 1. The quantitative estimate of drug-likeness (QED) is 0.666. The van der Waals surface area contributed by atoms with E-state index in [1.165, 1.54) is 19.3 Å². The minimum Gasteiger partial charge on any atom is -0.493 e. The molecule has 1 N–H and O–H groups in total. The number of aromatic nitrogens is 1. The van der Waals surface area contributed by atoms with Crippen molar-refractivity contribution in [3.8, 4) is 11.5 Å². The lowest BCUT2D eigenvalue weighted by Gasteiger charge is -2.35. The van der Waals surface area contributed by atoms with Crippen LogP contribution >= 0.6 is 0 Å². The highest BCUT2D eigenvalue weighted by molar-refractivity contribution is 5.79. The average Bonchev–Trinajstić information content (AvgIpc) is 2.87. The van der Waals surface area contributed by atoms with Gasteiger partial charge < -0.3 is 19.7 Å². The molecule has 1 saturated heterocycles. The highest BCUT2D eigenvalue weighted by Gasteiger charge is 2.28. The molecule has 1 aromatic carbocycles. The van der Waals surface area contributed by atoms with Gasteiger partial charge in [0.15, 0.2) is 11.5 Å². The summed E-state index contributed by atoms with van der Waals surface area (Å²) in [5, 5.41) is 3.67. The van der Waals surface area contributed by atoms with Crippen LogP contribution < -0.4 is 14.8 Å². The molecule has 0 spiro atoms. The number of nitrogens with one attached hydrogen (secondary N) is 1. The zero-order valence-corrected chi connectivity index (χ0v) is 19.1. The Morgan fingerprint density at radius 1 is 1.06 bits per heavy atom. The maximum absolute atomic E-state index is 12.8. The van der Waals surface area contributed by atoms with Crippen molar-refractivity contribution in [1.82, 2.24) is 15.2 Å². The molecule has 0 atom stereocenters. The number of hydrogen-bond donors (Lipinski definition) is 1. The fourth-order valence-corrected chi connectivity index (χ4v) is 4.76. The molecule has 4 rings (SSSR count). The Labute approximate surface area is 191 Å². The molecule has 0 bridgehead atoms. The summed E-state index contributed by atoms with van der Waals surface area (Å²) in [6.45, 7) is 2.97. The number of likely N-dealkylation sites (tertiary alicyclic amines) is 1. The predicted octanol–water partition coefficient (Wildman–Crippen LogP) is 4.33. The van der Waals surface area contributed by atoms with Gasteiger partial charge in [0.05, 0.1) is 7.11 Å². The van der Waals surface area contributed by atoms with Gasteiger partial charge >= 0.3 is 0 Å². The Morgan fingerprint density at radius 2 is 1.88 bits per heavy atom. The largest absolute Gasteiger partial charge is 0.493 e. The summed E-state index contributed by atoms with van der Waals surface area (Å²) in [5.74, 6) is 2.14. The Kier molecular flexibility index (Phi) is 7.99. The van der Waals surface area contributed by atoms with Crippen LogP contribution in [0.25, 0.3) is 0 Å². The molecule has 1 aliphatic heterocycles. The number of hydrogen-bond acceptors (Lipinski definition) is 5. The van der Waals surface area contributed by atoms with Crippen molar-refractivity contribution in [2.45, 2.75) is 64.1 Å². The van der Waals surface area contributed by atoms with Crippen molar-refractivity contribution in [1.29, 1.82) is 0 Å². The van der Waals surface area contributed by atoms with E-state index in [0.29, 0.717) is 18.6 Å². The third kappa shape index (κ3) is 6.00. The van der Waals surface area contributed by atoms with Crippen LogP contribution in [0, 0.1) is 5.92 Å². The van der Waals surface area contributed by atoms with E-state index in [-0.39, 0.29) is 5.92 Å². The molecule has 6 heteroatoms. The van der Waals surface area contributed by atoms with Crippen LogP contribution in [-0.2, 0) is 17.9 Å². The van der Waals surface area contributed by atoms with E-state index < -0.39 is 0 Å². The molecule has 2 aromatic rings. The number of rotatable bonds is 8. The Balaban J connectivity index is 1.26. The van der Waals surface area contributed by atoms with E-state index in [2.05, 4.69) is 21.3 Å². The van der Waals surface area contributed by atoms with Crippen molar-refractivity contribution in [3.63, 3.8) is 0 Å². The van der Waals surface area contributed by atoms with E-state index in [1.807, 2.05) is 30.5 Å². The monoisotopic (exact) mass is 437 g/mol. The van der Waals surface area contributed by atoms with Gasteiger partial charge in [0.1, 0.15) is 6.61 Å². The molecule has 1 saturated carbocycles. The van der Waals surface area contributed by atoms with Gasteiger partial charge in [0.25, 0.3) is 0 Å². The van der Waals surface area contributed by atoms with Crippen molar-refractivity contribution in [2.75, 3.05) is 20.2 Å². The van der Waals surface area contributed by atoms with Crippen molar-refractivity contribution < 1.29 is 14.3 Å². The molecule has 6 nitrogen and oxygen atoms in total. The van der Waals surface area contributed by atoms with E-state index >= 15 is 0 Å². The van der Waals surface area contributed by atoms with E-state index in [9.17, 15) is 4.79 Å². The van der Waals surface area contributed by atoms with Gasteiger partial charge in [-0.05, 0) is 49.4 Å². The normalized spacial score (nSPS) is 17.8. The molecule has 172 valence electrons. The van der Waals surface area contributed by atoms with Crippen molar-refractivity contribution >= 4 is 5.91 Å². The average molecular weight is 438 g/mol. The maximum Gasteiger partial charge on any atom is 0.225 e. The Bertz CT molecular complexity index is 860. The number of piperidine rings is 1. The van der Waals surface area contributed by atoms with Crippen LogP contribution in [0.5, 0.6) is 11.5 Å². The third-order valence-corrected chi connectivity index (χ3v) is 6.70. The number of benzene rings is 1. The molecule has 32 heavy (non-hydrogen) atoms. The van der Waals surface area contributed by atoms with E-state index in [1.54, 1.807) is 13.3 Å². The van der Waals surface area contributed by atoms with Gasteiger partial charge in [-0.15, -0.1) is 0 Å². The molecule has 1 aliphatic carbocycles. The standard InChI is InChI=1S/C26H35N3O3/c1-31-24-10-9-20(16-25(24)32-19-21-6-5-13-27-17-21)18-28-23-11-14-29(15-12-23)26(30)22-7-3-2-4-8-22/h5-6,9-10,13,16-17,22-23,28H,2-4,7-8,11-12,14-15,18-19H2,1H3. The maximum atomic E-state index is 12.8. The Morgan fingerprint density at radius 3 is 2.59 bits per heavy atom. The molecule has 2 heterocycles. The highest BCUT2D eigenvalue weighted by Crippen LogP contribution is 2.29. The number of nitrogens with zero attached hydrogens (tertiary/aromatic N) is 2. The molecule has 0 radical (unpaired) electrons. The lowest BCUT2D eigenvalue weighted by Crippen LogP contribution is -2.46. The zero-order chi connectivity index (χ0) is 22.2. The number of pyridine rings is 1. The fourth-order valence-electron chi connectivity index (χ4n) is 4.76. The number of amides is 1. The SMILES string of the molecule is COc1ccc(CNC2CCN(C(=O)C3CCCCC3)CC2)cc1OCc1cccnc1. The first-order valence-electron chi connectivity index (χ1n) is 11.9.